The highest BCUT2D eigenvalue weighted by Crippen LogP contribution is 2.14. The van der Waals surface area contributed by atoms with Crippen molar-refractivity contribution in [3.8, 4) is 0 Å². The first-order valence-electron chi connectivity index (χ1n) is 3.27. The summed E-state index contributed by atoms with van der Waals surface area (Å²) in [5.41, 5.74) is 0.490. The van der Waals surface area contributed by atoms with Crippen LogP contribution in [0.1, 0.15) is 5.56 Å². The summed E-state index contributed by atoms with van der Waals surface area (Å²) in [5, 5.41) is 0.707. The molecule has 0 aliphatic rings. The molecule has 0 aliphatic heterocycles. The smallest absolute Gasteiger partial charge is 0.220 e. The van der Waals surface area contributed by atoms with E-state index in [1.54, 1.807) is 12.1 Å². The lowest BCUT2D eigenvalue weighted by Gasteiger charge is -1.95. The maximum atomic E-state index is 12.9. The Morgan fingerprint density at radius 2 is 2.33 bits per heavy atom. The topological polar surface area (TPSA) is 12.9 Å². The minimum absolute atomic E-state index is 0.449. The molecular weight excluding hydrogens is 289 g/mol. The van der Waals surface area contributed by atoms with Crippen LogP contribution in [-0.2, 0) is 0 Å². The van der Waals surface area contributed by atoms with Gasteiger partial charge in [0.15, 0.2) is 0 Å². The van der Waals surface area contributed by atoms with Crippen molar-refractivity contribution in [1.29, 1.82) is 0 Å². The Morgan fingerprint density at radius 1 is 1.58 bits per heavy atom. The van der Waals surface area contributed by atoms with Crippen LogP contribution in [0, 0.1) is 5.95 Å². The summed E-state index contributed by atoms with van der Waals surface area (Å²) >= 11 is 6.42. The molecule has 0 aliphatic carbocycles. The highest BCUT2D eigenvalue weighted by atomic mass is 79.9. The molecule has 0 fully saturated rings. The first kappa shape index (κ1) is 9.86. The number of hydrogen-bond donors (Lipinski definition) is 0. The van der Waals surface area contributed by atoms with Crippen LogP contribution in [0.5, 0.6) is 0 Å². The molecule has 12 heavy (non-hydrogen) atoms. The lowest BCUT2D eigenvalue weighted by molar-refractivity contribution is 0.580. The molecule has 1 rings (SSSR count). The van der Waals surface area contributed by atoms with E-state index in [0.29, 0.717) is 10.9 Å². The zero-order valence-electron chi connectivity index (χ0n) is 6.10. The van der Waals surface area contributed by atoms with Crippen LogP contribution in [0.2, 0.25) is 0 Å². The second-order valence-corrected chi connectivity index (χ2v) is 3.65. The van der Waals surface area contributed by atoms with Crippen LogP contribution in [0.3, 0.4) is 0 Å². The summed E-state index contributed by atoms with van der Waals surface area (Å²) in [6, 6.07) is 1.68. The Balaban J connectivity index is 2.97. The predicted octanol–water partition coefficient (Wildman–Crippen LogP) is 3.39. The normalized spacial score (nSPS) is 10.9. The van der Waals surface area contributed by atoms with Gasteiger partial charge in [0.2, 0.25) is 5.95 Å². The quantitative estimate of drug-likeness (QED) is 0.602. The average molecular weight is 295 g/mol. The molecule has 0 saturated carbocycles. The Labute approximate surface area is 87.0 Å². The van der Waals surface area contributed by atoms with E-state index in [2.05, 4.69) is 36.8 Å². The molecule has 0 saturated heterocycles. The van der Waals surface area contributed by atoms with Gasteiger partial charge in [-0.25, -0.2) is 4.98 Å². The summed E-state index contributed by atoms with van der Waals surface area (Å²) in [6.45, 7) is 0. The molecular formula is C8H6Br2FN. The van der Waals surface area contributed by atoms with Crippen LogP contribution in [-0.4, -0.2) is 10.3 Å². The summed E-state index contributed by atoms with van der Waals surface area (Å²) in [6.07, 6.45) is 4.93. The van der Waals surface area contributed by atoms with Crippen molar-refractivity contribution >= 4 is 37.9 Å². The summed E-state index contributed by atoms with van der Waals surface area (Å²) in [7, 11) is 0. The second-order valence-electron chi connectivity index (χ2n) is 2.09. The lowest BCUT2D eigenvalue weighted by atomic mass is 10.2. The SMILES string of the molecule is Fc1ncc(Br)cc1C=CCBr. The zero-order valence-corrected chi connectivity index (χ0v) is 9.27. The van der Waals surface area contributed by atoms with E-state index in [0.717, 1.165) is 4.47 Å². The van der Waals surface area contributed by atoms with Crippen molar-refractivity contribution in [1.82, 2.24) is 4.98 Å². The highest BCUT2D eigenvalue weighted by molar-refractivity contribution is 9.10. The minimum Gasteiger partial charge on any atom is -0.227 e. The van der Waals surface area contributed by atoms with E-state index in [4.69, 9.17) is 0 Å². The summed E-state index contributed by atoms with van der Waals surface area (Å²) in [4.78, 5) is 3.55. The molecule has 0 atom stereocenters. The number of aromatic nitrogens is 1. The average Bonchev–Trinajstić information content (AvgIpc) is 2.07. The molecule has 0 aromatic carbocycles. The first-order valence-corrected chi connectivity index (χ1v) is 5.19. The third kappa shape index (κ3) is 2.68. The number of rotatable bonds is 2. The predicted molar refractivity (Wildman–Crippen MR) is 54.7 cm³/mol. The molecule has 0 bridgehead atoms. The Morgan fingerprint density at radius 3 is 3.00 bits per heavy atom. The highest BCUT2D eigenvalue weighted by Gasteiger charge is 1.99. The third-order valence-corrected chi connectivity index (χ3v) is 2.03. The van der Waals surface area contributed by atoms with E-state index in [-0.39, 0.29) is 0 Å². The number of hydrogen-bond acceptors (Lipinski definition) is 1. The summed E-state index contributed by atoms with van der Waals surface area (Å²) < 4.78 is 13.7. The number of nitrogens with zero attached hydrogens (tertiary/aromatic N) is 1. The molecule has 1 aromatic heterocycles. The Kier molecular flexibility index (Phi) is 3.88. The van der Waals surface area contributed by atoms with Crippen molar-refractivity contribution < 1.29 is 4.39 Å². The largest absolute Gasteiger partial charge is 0.227 e. The van der Waals surface area contributed by atoms with E-state index in [1.165, 1.54) is 6.20 Å². The first-order chi connectivity index (χ1) is 5.74. The van der Waals surface area contributed by atoms with Gasteiger partial charge in [-0.3, -0.25) is 0 Å². The van der Waals surface area contributed by atoms with Crippen LogP contribution in [0.4, 0.5) is 4.39 Å². The number of allylic oxidation sites excluding steroid dienone is 1. The van der Waals surface area contributed by atoms with Gasteiger partial charge in [0, 0.05) is 21.6 Å². The fourth-order valence-corrected chi connectivity index (χ4v) is 1.26. The van der Waals surface area contributed by atoms with Gasteiger partial charge in [-0.1, -0.05) is 28.1 Å². The van der Waals surface area contributed by atoms with E-state index in [9.17, 15) is 4.39 Å². The fourth-order valence-electron chi connectivity index (χ4n) is 0.727. The number of pyridine rings is 1. The lowest BCUT2D eigenvalue weighted by Crippen LogP contribution is -1.86. The molecule has 0 unspecified atom stereocenters. The van der Waals surface area contributed by atoms with Crippen molar-refractivity contribution in [2.24, 2.45) is 0 Å². The van der Waals surface area contributed by atoms with Crippen LogP contribution in [0.25, 0.3) is 6.08 Å². The summed E-state index contributed by atoms with van der Waals surface area (Å²) in [5.74, 6) is -0.449. The van der Waals surface area contributed by atoms with Gasteiger partial charge in [0.05, 0.1) is 0 Å². The Bertz CT molecular complexity index is 299. The molecule has 0 spiro atoms. The minimum atomic E-state index is -0.449. The van der Waals surface area contributed by atoms with Crippen molar-refractivity contribution in [2.45, 2.75) is 0 Å². The van der Waals surface area contributed by atoms with Gasteiger partial charge in [-0.05, 0) is 22.0 Å². The molecule has 0 N–H and O–H groups in total. The van der Waals surface area contributed by atoms with Crippen molar-refractivity contribution in [2.75, 3.05) is 5.33 Å². The van der Waals surface area contributed by atoms with E-state index < -0.39 is 5.95 Å². The van der Waals surface area contributed by atoms with E-state index in [1.807, 2.05) is 6.08 Å². The van der Waals surface area contributed by atoms with Gasteiger partial charge in [-0.2, -0.15) is 4.39 Å². The van der Waals surface area contributed by atoms with Gasteiger partial charge in [-0.15, -0.1) is 0 Å². The number of halogens is 3. The number of alkyl halides is 1. The zero-order chi connectivity index (χ0) is 8.97. The molecule has 1 nitrogen and oxygen atoms in total. The van der Waals surface area contributed by atoms with E-state index >= 15 is 0 Å². The maximum absolute atomic E-state index is 12.9. The molecule has 1 heterocycles. The van der Waals surface area contributed by atoms with Gasteiger partial charge in [0.1, 0.15) is 0 Å². The van der Waals surface area contributed by atoms with Crippen LogP contribution < -0.4 is 0 Å². The fraction of sp³-hybridized carbons (Fsp3) is 0.125. The standard InChI is InChI=1S/C8H6Br2FN/c9-3-1-2-6-4-7(10)5-12-8(6)11/h1-2,4-5H,3H2. The maximum Gasteiger partial charge on any atom is 0.220 e. The third-order valence-electron chi connectivity index (χ3n) is 1.22. The van der Waals surface area contributed by atoms with Gasteiger partial charge >= 0.3 is 0 Å². The molecule has 1 aromatic rings. The molecule has 64 valence electrons. The van der Waals surface area contributed by atoms with Crippen molar-refractivity contribution in [3.63, 3.8) is 0 Å². The molecule has 4 heteroatoms. The van der Waals surface area contributed by atoms with Crippen molar-refractivity contribution in [3.05, 3.63) is 34.3 Å². The monoisotopic (exact) mass is 293 g/mol. The Hall–Kier alpha value is -0.220. The molecule has 0 radical (unpaired) electrons. The van der Waals surface area contributed by atoms with Crippen LogP contribution in [0.15, 0.2) is 22.8 Å². The van der Waals surface area contributed by atoms with Gasteiger partial charge in [0.25, 0.3) is 0 Å². The van der Waals surface area contributed by atoms with Gasteiger partial charge < -0.3 is 0 Å². The van der Waals surface area contributed by atoms with Crippen LogP contribution >= 0.6 is 31.9 Å². The second kappa shape index (κ2) is 4.72. The molecule has 0 amide bonds.